The molecule has 0 radical (unpaired) electrons. The van der Waals surface area contributed by atoms with Gasteiger partial charge in [0.1, 0.15) is 0 Å². The molecule has 1 aromatic heterocycles. The number of fused-ring (bicyclic) bond motifs is 1. The number of amides is 1. The molecule has 5 heteroatoms. The highest BCUT2D eigenvalue weighted by molar-refractivity contribution is 5.92. The highest BCUT2D eigenvalue weighted by Gasteiger charge is 2.15. The largest absolute Gasteiger partial charge is 0.309 e. The van der Waals surface area contributed by atoms with Crippen molar-refractivity contribution in [2.75, 3.05) is 25.0 Å². The van der Waals surface area contributed by atoms with Crippen molar-refractivity contribution in [2.45, 2.75) is 34.2 Å². The molecule has 22 heavy (non-hydrogen) atoms. The summed E-state index contributed by atoms with van der Waals surface area (Å²) in [6.45, 7) is 11.9. The number of rotatable bonds is 7. The molecule has 0 aliphatic carbocycles. The first-order valence-corrected chi connectivity index (χ1v) is 8.05. The van der Waals surface area contributed by atoms with Crippen LogP contribution in [0.1, 0.15) is 27.7 Å². The monoisotopic (exact) mass is 302 g/mol. The minimum atomic E-state index is -0.0592. The van der Waals surface area contributed by atoms with Gasteiger partial charge in [-0.15, -0.1) is 0 Å². The Morgan fingerprint density at radius 2 is 1.95 bits per heavy atom. The van der Waals surface area contributed by atoms with Crippen LogP contribution in [0.4, 0.5) is 5.95 Å². The van der Waals surface area contributed by atoms with Gasteiger partial charge < -0.3 is 9.47 Å². The maximum Gasteiger partial charge on any atom is 0.229 e. The van der Waals surface area contributed by atoms with E-state index in [9.17, 15) is 4.79 Å². The maximum absolute atomic E-state index is 12.0. The number of hydrogen-bond donors (Lipinski definition) is 1. The fourth-order valence-corrected chi connectivity index (χ4v) is 2.43. The summed E-state index contributed by atoms with van der Waals surface area (Å²) in [5.74, 6) is 0.586. The Morgan fingerprint density at radius 1 is 1.27 bits per heavy atom. The number of carbonyl (C=O) groups is 1. The van der Waals surface area contributed by atoms with Crippen LogP contribution in [0.3, 0.4) is 0 Å². The molecule has 1 N–H and O–H groups in total. The molecule has 0 aliphatic heterocycles. The van der Waals surface area contributed by atoms with Crippen LogP contribution in [-0.4, -0.2) is 40.0 Å². The molecule has 1 heterocycles. The third kappa shape index (κ3) is 3.65. The van der Waals surface area contributed by atoms with Crippen LogP contribution in [0.25, 0.3) is 11.0 Å². The van der Waals surface area contributed by atoms with E-state index in [0.717, 1.165) is 37.2 Å². The summed E-state index contributed by atoms with van der Waals surface area (Å²) in [6, 6.07) is 8.01. The predicted octanol–water partition coefficient (Wildman–Crippen LogP) is 2.97. The lowest BCUT2D eigenvalue weighted by Gasteiger charge is -2.19. The second-order valence-corrected chi connectivity index (χ2v) is 5.75. The van der Waals surface area contributed by atoms with Crippen LogP contribution >= 0.6 is 0 Å². The zero-order valence-electron chi connectivity index (χ0n) is 14.0. The zero-order chi connectivity index (χ0) is 16.1. The van der Waals surface area contributed by atoms with Gasteiger partial charge in [0.2, 0.25) is 11.9 Å². The number of likely N-dealkylation sites (N-methyl/N-ethyl adjacent to an activating group) is 1. The van der Waals surface area contributed by atoms with Gasteiger partial charge in [-0.25, -0.2) is 4.98 Å². The molecule has 5 nitrogen and oxygen atoms in total. The number of nitrogens with one attached hydrogen (secondary N) is 1. The molecule has 0 spiro atoms. The van der Waals surface area contributed by atoms with Crippen LogP contribution in [0.5, 0.6) is 0 Å². The van der Waals surface area contributed by atoms with Crippen molar-refractivity contribution in [3.63, 3.8) is 0 Å². The first-order valence-electron chi connectivity index (χ1n) is 8.05. The highest BCUT2D eigenvalue weighted by Crippen LogP contribution is 2.20. The number of nitrogens with zero attached hydrogens (tertiary/aromatic N) is 3. The molecular weight excluding hydrogens is 276 g/mol. The minimum Gasteiger partial charge on any atom is -0.309 e. The zero-order valence-corrected chi connectivity index (χ0v) is 14.0. The Bertz CT molecular complexity index is 629. The van der Waals surface area contributed by atoms with E-state index in [1.54, 1.807) is 0 Å². The second kappa shape index (κ2) is 7.40. The van der Waals surface area contributed by atoms with E-state index < -0.39 is 0 Å². The number of para-hydroxylation sites is 2. The van der Waals surface area contributed by atoms with Crippen LogP contribution in [0.2, 0.25) is 0 Å². The summed E-state index contributed by atoms with van der Waals surface area (Å²) >= 11 is 0. The van der Waals surface area contributed by atoms with Crippen molar-refractivity contribution in [1.29, 1.82) is 0 Å². The van der Waals surface area contributed by atoms with Crippen molar-refractivity contribution in [3.8, 4) is 0 Å². The summed E-state index contributed by atoms with van der Waals surface area (Å²) in [7, 11) is 0. The van der Waals surface area contributed by atoms with Gasteiger partial charge in [0.25, 0.3) is 0 Å². The van der Waals surface area contributed by atoms with Crippen LogP contribution in [0.15, 0.2) is 24.3 Å². The Balaban J connectivity index is 2.29. The van der Waals surface area contributed by atoms with Gasteiger partial charge >= 0.3 is 0 Å². The van der Waals surface area contributed by atoms with E-state index in [2.05, 4.69) is 39.7 Å². The van der Waals surface area contributed by atoms with Gasteiger partial charge in [-0.2, -0.15) is 0 Å². The quantitative estimate of drug-likeness (QED) is 0.855. The molecule has 1 aromatic carbocycles. The topological polar surface area (TPSA) is 50.2 Å². The van der Waals surface area contributed by atoms with Crippen molar-refractivity contribution >= 4 is 22.9 Å². The summed E-state index contributed by atoms with van der Waals surface area (Å²) in [5, 5.41) is 2.95. The Labute approximate surface area is 132 Å². The van der Waals surface area contributed by atoms with Gasteiger partial charge in [-0.1, -0.05) is 39.8 Å². The van der Waals surface area contributed by atoms with Crippen molar-refractivity contribution in [1.82, 2.24) is 14.5 Å². The van der Waals surface area contributed by atoms with Gasteiger partial charge in [-0.3, -0.25) is 10.1 Å². The molecule has 120 valence electrons. The Morgan fingerprint density at radius 3 is 2.59 bits per heavy atom. The number of aromatic nitrogens is 2. The van der Waals surface area contributed by atoms with Gasteiger partial charge in [0.15, 0.2) is 0 Å². The van der Waals surface area contributed by atoms with Crippen molar-refractivity contribution in [3.05, 3.63) is 24.3 Å². The molecule has 2 aromatic rings. The van der Waals surface area contributed by atoms with E-state index >= 15 is 0 Å². The van der Waals surface area contributed by atoms with Gasteiger partial charge in [-0.05, 0) is 25.2 Å². The average Bonchev–Trinajstić information content (AvgIpc) is 2.85. The smallest absolute Gasteiger partial charge is 0.229 e. The van der Waals surface area contributed by atoms with E-state index in [0.29, 0.717) is 5.95 Å². The molecule has 0 unspecified atom stereocenters. The van der Waals surface area contributed by atoms with E-state index in [1.165, 1.54) is 0 Å². The SMILES string of the molecule is CCN(CC)CCn1c(NC(=O)C(C)C)nc2ccccc21. The van der Waals surface area contributed by atoms with Gasteiger partial charge in [0.05, 0.1) is 11.0 Å². The Hall–Kier alpha value is -1.88. The molecular formula is C17H26N4O. The standard InChI is InChI=1S/C17H26N4O/c1-5-20(6-2)11-12-21-15-10-8-7-9-14(15)18-17(21)19-16(22)13(3)4/h7-10,13H,5-6,11-12H2,1-4H3,(H,18,19,22). The van der Waals surface area contributed by atoms with E-state index in [-0.39, 0.29) is 11.8 Å². The maximum atomic E-state index is 12.0. The number of carbonyl (C=O) groups excluding carboxylic acids is 1. The summed E-state index contributed by atoms with van der Waals surface area (Å²) in [5.41, 5.74) is 1.98. The molecule has 0 aliphatic rings. The van der Waals surface area contributed by atoms with Crippen molar-refractivity contribution in [2.24, 2.45) is 5.92 Å². The van der Waals surface area contributed by atoms with Crippen LogP contribution in [0, 0.1) is 5.92 Å². The van der Waals surface area contributed by atoms with E-state index in [4.69, 9.17) is 0 Å². The normalized spacial score (nSPS) is 11.5. The number of imidazole rings is 1. The molecule has 0 fully saturated rings. The molecule has 0 saturated heterocycles. The average molecular weight is 302 g/mol. The first kappa shape index (κ1) is 16.5. The Kier molecular flexibility index (Phi) is 5.55. The lowest BCUT2D eigenvalue weighted by Crippen LogP contribution is -2.28. The summed E-state index contributed by atoms with van der Waals surface area (Å²) in [6.07, 6.45) is 0. The molecule has 1 amide bonds. The molecule has 0 bridgehead atoms. The third-order valence-electron chi connectivity index (χ3n) is 3.95. The first-order chi connectivity index (χ1) is 10.6. The van der Waals surface area contributed by atoms with Gasteiger partial charge in [0, 0.05) is 19.0 Å². The molecule has 0 atom stereocenters. The molecule has 2 rings (SSSR count). The van der Waals surface area contributed by atoms with E-state index in [1.807, 2.05) is 32.0 Å². The molecule has 0 saturated carbocycles. The third-order valence-corrected chi connectivity index (χ3v) is 3.95. The predicted molar refractivity (Wildman–Crippen MR) is 91.0 cm³/mol. The highest BCUT2D eigenvalue weighted by atomic mass is 16.2. The number of anilines is 1. The fraction of sp³-hybridized carbons (Fsp3) is 0.529. The number of benzene rings is 1. The van der Waals surface area contributed by atoms with Crippen molar-refractivity contribution < 1.29 is 4.79 Å². The fourth-order valence-electron chi connectivity index (χ4n) is 2.43. The minimum absolute atomic E-state index is 0.000560. The van der Waals surface area contributed by atoms with Crippen LogP contribution < -0.4 is 5.32 Å². The lowest BCUT2D eigenvalue weighted by atomic mass is 10.2. The summed E-state index contributed by atoms with van der Waals surface area (Å²) < 4.78 is 2.11. The van der Waals surface area contributed by atoms with Crippen LogP contribution in [-0.2, 0) is 11.3 Å². The number of hydrogen-bond acceptors (Lipinski definition) is 3. The summed E-state index contributed by atoms with van der Waals surface area (Å²) in [4.78, 5) is 19.0. The lowest BCUT2D eigenvalue weighted by molar-refractivity contribution is -0.118. The second-order valence-electron chi connectivity index (χ2n) is 5.75.